The van der Waals surface area contributed by atoms with Gasteiger partial charge < -0.3 is 10.2 Å². The topological polar surface area (TPSA) is 49.4 Å². The van der Waals surface area contributed by atoms with Crippen LogP contribution in [0, 0.1) is 37.0 Å². The van der Waals surface area contributed by atoms with Crippen LogP contribution in [0.3, 0.4) is 0 Å². The SMILES string of the molecule is Cc1ccc(C)c(NC(=O)[C@@H]2CCCN2C(=O)C23CC4CC(CC(C4)C2)C3)c1. The van der Waals surface area contributed by atoms with Crippen LogP contribution in [0.2, 0.25) is 0 Å². The Balaban J connectivity index is 1.34. The van der Waals surface area contributed by atoms with Gasteiger partial charge in [-0.05, 0) is 100 Å². The van der Waals surface area contributed by atoms with E-state index in [0.29, 0.717) is 5.91 Å². The summed E-state index contributed by atoms with van der Waals surface area (Å²) in [5.41, 5.74) is 2.92. The summed E-state index contributed by atoms with van der Waals surface area (Å²) >= 11 is 0. The molecule has 5 fully saturated rings. The predicted octanol–water partition coefficient (Wildman–Crippen LogP) is 4.45. The van der Waals surface area contributed by atoms with Gasteiger partial charge >= 0.3 is 0 Å². The molecule has 1 N–H and O–H groups in total. The van der Waals surface area contributed by atoms with Gasteiger partial charge in [-0.15, -0.1) is 0 Å². The molecule has 5 aliphatic rings. The van der Waals surface area contributed by atoms with E-state index >= 15 is 0 Å². The maximum absolute atomic E-state index is 13.7. The fraction of sp³-hybridized carbons (Fsp3) is 0.667. The monoisotopic (exact) mass is 380 g/mol. The summed E-state index contributed by atoms with van der Waals surface area (Å²) in [7, 11) is 0. The molecule has 2 amide bonds. The molecular formula is C24H32N2O2. The Morgan fingerprint density at radius 1 is 1.04 bits per heavy atom. The van der Waals surface area contributed by atoms with E-state index in [9.17, 15) is 9.59 Å². The van der Waals surface area contributed by atoms with Crippen LogP contribution in [0.25, 0.3) is 0 Å². The lowest BCUT2D eigenvalue weighted by atomic mass is 9.49. The van der Waals surface area contributed by atoms with E-state index in [1.807, 2.05) is 30.9 Å². The smallest absolute Gasteiger partial charge is 0.247 e. The van der Waals surface area contributed by atoms with Gasteiger partial charge in [0.25, 0.3) is 0 Å². The first-order chi connectivity index (χ1) is 13.4. The Morgan fingerprint density at radius 3 is 2.32 bits per heavy atom. The van der Waals surface area contributed by atoms with Gasteiger partial charge in [-0.2, -0.15) is 0 Å². The highest BCUT2D eigenvalue weighted by atomic mass is 16.2. The van der Waals surface area contributed by atoms with Crippen LogP contribution in [-0.4, -0.2) is 29.3 Å². The number of aryl methyl sites for hydroxylation is 2. The van der Waals surface area contributed by atoms with E-state index in [1.54, 1.807) is 0 Å². The van der Waals surface area contributed by atoms with E-state index in [2.05, 4.69) is 11.4 Å². The summed E-state index contributed by atoms with van der Waals surface area (Å²) in [6.45, 7) is 4.79. The zero-order valence-corrected chi connectivity index (χ0v) is 17.2. The molecule has 4 bridgehead atoms. The van der Waals surface area contributed by atoms with E-state index in [-0.39, 0.29) is 17.4 Å². The number of benzene rings is 1. The van der Waals surface area contributed by atoms with Gasteiger partial charge in [-0.1, -0.05) is 12.1 Å². The highest BCUT2D eigenvalue weighted by Gasteiger charge is 2.56. The van der Waals surface area contributed by atoms with Crippen LogP contribution < -0.4 is 5.32 Å². The molecule has 1 atom stereocenters. The van der Waals surface area contributed by atoms with E-state index in [4.69, 9.17) is 0 Å². The van der Waals surface area contributed by atoms with Crippen molar-refractivity contribution >= 4 is 17.5 Å². The molecule has 4 heteroatoms. The Labute approximate surface area is 168 Å². The summed E-state index contributed by atoms with van der Waals surface area (Å²) in [6, 6.07) is 5.81. The highest BCUT2D eigenvalue weighted by Crippen LogP contribution is 2.60. The average molecular weight is 381 g/mol. The third-order valence-corrected chi connectivity index (χ3v) is 7.96. The third-order valence-electron chi connectivity index (χ3n) is 7.96. The second-order valence-corrected chi connectivity index (χ2v) is 10.2. The predicted molar refractivity (Wildman–Crippen MR) is 110 cm³/mol. The summed E-state index contributed by atoms with van der Waals surface area (Å²) in [5.74, 6) is 2.54. The highest BCUT2D eigenvalue weighted by molar-refractivity contribution is 5.99. The van der Waals surface area contributed by atoms with Gasteiger partial charge in [-0.3, -0.25) is 9.59 Å². The lowest BCUT2D eigenvalue weighted by Gasteiger charge is -2.56. The molecular weight excluding hydrogens is 348 g/mol. The van der Waals surface area contributed by atoms with E-state index in [1.165, 1.54) is 19.3 Å². The molecule has 28 heavy (non-hydrogen) atoms. The minimum atomic E-state index is -0.305. The van der Waals surface area contributed by atoms with Gasteiger partial charge in [0, 0.05) is 12.2 Å². The van der Waals surface area contributed by atoms with Gasteiger partial charge in [0.1, 0.15) is 6.04 Å². The first-order valence-corrected chi connectivity index (χ1v) is 11.1. The van der Waals surface area contributed by atoms with Crippen LogP contribution >= 0.6 is 0 Å². The number of amides is 2. The van der Waals surface area contributed by atoms with Crippen molar-refractivity contribution in [3.63, 3.8) is 0 Å². The van der Waals surface area contributed by atoms with Crippen molar-refractivity contribution < 1.29 is 9.59 Å². The molecule has 1 aromatic rings. The number of carbonyl (C=O) groups excluding carboxylic acids is 2. The second kappa shape index (κ2) is 6.60. The zero-order valence-electron chi connectivity index (χ0n) is 17.2. The van der Waals surface area contributed by atoms with E-state index in [0.717, 1.165) is 73.2 Å². The molecule has 0 radical (unpaired) electrons. The first-order valence-electron chi connectivity index (χ1n) is 11.1. The Morgan fingerprint density at radius 2 is 1.68 bits per heavy atom. The van der Waals surface area contributed by atoms with Crippen LogP contribution in [0.15, 0.2) is 18.2 Å². The summed E-state index contributed by atoms with van der Waals surface area (Å²) in [5, 5.41) is 3.12. The van der Waals surface area contributed by atoms with Crippen LogP contribution in [0.4, 0.5) is 5.69 Å². The summed E-state index contributed by atoms with van der Waals surface area (Å²) in [4.78, 5) is 28.8. The average Bonchev–Trinajstić information content (AvgIpc) is 3.12. The van der Waals surface area contributed by atoms with Crippen molar-refractivity contribution in [2.45, 2.75) is 71.3 Å². The summed E-state index contributed by atoms with van der Waals surface area (Å²) < 4.78 is 0. The van der Waals surface area contributed by atoms with Crippen molar-refractivity contribution in [3.05, 3.63) is 29.3 Å². The normalized spacial score (nSPS) is 36.0. The molecule has 0 aromatic heterocycles. The largest absolute Gasteiger partial charge is 0.330 e. The fourth-order valence-electron chi connectivity index (χ4n) is 7.05. The minimum Gasteiger partial charge on any atom is -0.330 e. The molecule has 0 spiro atoms. The Kier molecular flexibility index (Phi) is 4.29. The first kappa shape index (κ1) is 18.2. The van der Waals surface area contributed by atoms with Crippen LogP contribution in [-0.2, 0) is 9.59 Å². The second-order valence-electron chi connectivity index (χ2n) is 10.2. The van der Waals surface area contributed by atoms with Gasteiger partial charge in [0.2, 0.25) is 11.8 Å². The van der Waals surface area contributed by atoms with Gasteiger partial charge in [-0.25, -0.2) is 0 Å². The number of nitrogens with zero attached hydrogens (tertiary/aromatic N) is 1. The molecule has 4 saturated carbocycles. The molecule has 1 saturated heterocycles. The molecule has 0 unspecified atom stereocenters. The van der Waals surface area contributed by atoms with Gasteiger partial charge in [0.05, 0.1) is 5.41 Å². The molecule has 4 aliphatic carbocycles. The number of rotatable bonds is 3. The summed E-state index contributed by atoms with van der Waals surface area (Å²) in [6.07, 6.45) is 8.94. The van der Waals surface area contributed by atoms with Crippen molar-refractivity contribution in [2.24, 2.45) is 23.2 Å². The molecule has 1 aromatic carbocycles. The molecule has 1 aliphatic heterocycles. The molecule has 6 rings (SSSR count). The van der Waals surface area contributed by atoms with Crippen molar-refractivity contribution in [2.75, 3.05) is 11.9 Å². The number of hydrogen-bond acceptors (Lipinski definition) is 2. The maximum Gasteiger partial charge on any atom is 0.247 e. The molecule has 150 valence electrons. The molecule has 1 heterocycles. The number of hydrogen-bond donors (Lipinski definition) is 1. The fourth-order valence-corrected chi connectivity index (χ4v) is 7.05. The lowest BCUT2D eigenvalue weighted by Crippen LogP contribution is -2.56. The third kappa shape index (κ3) is 2.96. The van der Waals surface area contributed by atoms with E-state index < -0.39 is 0 Å². The Bertz CT molecular complexity index is 780. The van der Waals surface area contributed by atoms with Gasteiger partial charge in [0.15, 0.2) is 0 Å². The van der Waals surface area contributed by atoms with Crippen LogP contribution in [0.1, 0.15) is 62.5 Å². The number of anilines is 1. The van der Waals surface area contributed by atoms with Crippen molar-refractivity contribution in [1.29, 1.82) is 0 Å². The zero-order chi connectivity index (χ0) is 19.5. The number of nitrogens with one attached hydrogen (secondary N) is 1. The lowest BCUT2D eigenvalue weighted by molar-refractivity contribution is -0.160. The maximum atomic E-state index is 13.7. The number of carbonyl (C=O) groups is 2. The molecule has 4 nitrogen and oxygen atoms in total. The number of likely N-dealkylation sites (tertiary alicyclic amines) is 1. The Hall–Kier alpha value is -1.84. The minimum absolute atomic E-state index is 0.00993. The van der Waals surface area contributed by atoms with Crippen molar-refractivity contribution in [1.82, 2.24) is 4.90 Å². The van der Waals surface area contributed by atoms with Crippen LogP contribution in [0.5, 0.6) is 0 Å². The van der Waals surface area contributed by atoms with Crippen molar-refractivity contribution in [3.8, 4) is 0 Å². The quantitative estimate of drug-likeness (QED) is 0.842. The standard InChI is InChI=1S/C24H32N2O2/c1-15-5-6-16(2)20(8-15)25-22(27)21-4-3-7-26(21)23(28)24-12-17-9-18(13-24)11-19(10-17)14-24/h5-6,8,17-19,21H,3-4,7,9-14H2,1-2H3,(H,25,27)/t17?,18?,19?,21-,24?/m0/s1.